The van der Waals surface area contributed by atoms with Gasteiger partial charge in [-0.3, -0.25) is 4.99 Å². The molecule has 0 aromatic carbocycles. The number of allylic oxidation sites excluding steroid dienone is 2. The van der Waals surface area contributed by atoms with Crippen LogP contribution in [0.25, 0.3) is 0 Å². The summed E-state index contributed by atoms with van der Waals surface area (Å²) in [6, 6.07) is 0. The molecule has 0 saturated heterocycles. The fourth-order valence-corrected chi connectivity index (χ4v) is 0.812. The summed E-state index contributed by atoms with van der Waals surface area (Å²) in [7, 11) is 0. The van der Waals surface area contributed by atoms with E-state index in [1.807, 2.05) is 25.3 Å². The highest BCUT2D eigenvalue weighted by molar-refractivity contribution is 5.70. The van der Waals surface area contributed by atoms with E-state index in [2.05, 4.69) is 18.8 Å². The Hall–Kier alpha value is -0.590. The van der Waals surface area contributed by atoms with E-state index in [4.69, 9.17) is 0 Å². The molecule has 11 heavy (non-hydrogen) atoms. The van der Waals surface area contributed by atoms with Crippen molar-refractivity contribution in [3.05, 3.63) is 12.2 Å². The van der Waals surface area contributed by atoms with Gasteiger partial charge in [0.15, 0.2) is 0 Å². The molecule has 0 unspecified atom stereocenters. The standard InChI is InChI=1S/C10H19N/c1-4-5-8-11-9-6-7-10(2)3/h4-5,8,10H,6-7,9H2,1-3H3/b5-4-,11-8-. The Balaban J connectivity index is 3.14. The van der Waals surface area contributed by atoms with Crippen LogP contribution in [0, 0.1) is 5.92 Å². The van der Waals surface area contributed by atoms with Crippen molar-refractivity contribution >= 4 is 6.21 Å². The Morgan fingerprint density at radius 2 is 2.09 bits per heavy atom. The van der Waals surface area contributed by atoms with Gasteiger partial charge >= 0.3 is 0 Å². The first-order chi connectivity index (χ1) is 5.27. The largest absolute Gasteiger partial charge is 0.293 e. The Labute approximate surface area is 70.2 Å². The average Bonchev–Trinajstić information content (AvgIpc) is 1.96. The maximum absolute atomic E-state index is 4.22. The maximum atomic E-state index is 4.22. The second kappa shape index (κ2) is 7.52. The summed E-state index contributed by atoms with van der Waals surface area (Å²) < 4.78 is 0. The fourth-order valence-electron chi connectivity index (χ4n) is 0.812. The van der Waals surface area contributed by atoms with Crippen LogP contribution in [0.1, 0.15) is 33.6 Å². The molecule has 0 spiro atoms. The summed E-state index contributed by atoms with van der Waals surface area (Å²) >= 11 is 0. The second-order valence-corrected chi connectivity index (χ2v) is 3.12. The molecule has 0 rings (SSSR count). The Morgan fingerprint density at radius 1 is 1.36 bits per heavy atom. The molecule has 0 aliphatic carbocycles. The minimum atomic E-state index is 0.812. The molecule has 0 heterocycles. The van der Waals surface area contributed by atoms with Crippen molar-refractivity contribution in [2.45, 2.75) is 33.6 Å². The first-order valence-corrected chi connectivity index (χ1v) is 4.38. The summed E-state index contributed by atoms with van der Waals surface area (Å²) in [6.07, 6.45) is 8.33. The van der Waals surface area contributed by atoms with Gasteiger partial charge in [0.1, 0.15) is 0 Å². The average molecular weight is 153 g/mol. The van der Waals surface area contributed by atoms with Crippen LogP contribution in [0.4, 0.5) is 0 Å². The zero-order valence-corrected chi connectivity index (χ0v) is 7.88. The molecule has 0 amide bonds. The highest BCUT2D eigenvalue weighted by atomic mass is 14.7. The van der Waals surface area contributed by atoms with Crippen molar-refractivity contribution in [2.75, 3.05) is 6.54 Å². The molecule has 0 saturated carbocycles. The molecular formula is C10H19N. The smallest absolute Gasteiger partial charge is 0.0389 e. The predicted octanol–water partition coefficient (Wildman–Crippen LogP) is 3.07. The van der Waals surface area contributed by atoms with E-state index in [1.54, 1.807) is 0 Å². The minimum absolute atomic E-state index is 0.812. The molecule has 0 aliphatic heterocycles. The van der Waals surface area contributed by atoms with E-state index in [0.717, 1.165) is 12.5 Å². The van der Waals surface area contributed by atoms with Crippen LogP contribution in [0.3, 0.4) is 0 Å². The Kier molecular flexibility index (Phi) is 7.11. The predicted molar refractivity (Wildman–Crippen MR) is 52.2 cm³/mol. The molecule has 0 atom stereocenters. The van der Waals surface area contributed by atoms with Gasteiger partial charge < -0.3 is 0 Å². The number of rotatable bonds is 5. The zero-order valence-electron chi connectivity index (χ0n) is 7.88. The van der Waals surface area contributed by atoms with Gasteiger partial charge in [0.25, 0.3) is 0 Å². The normalized spacial score (nSPS) is 12.4. The summed E-state index contributed by atoms with van der Waals surface area (Å²) in [6.45, 7) is 7.47. The third kappa shape index (κ3) is 9.41. The Bertz CT molecular complexity index is 123. The van der Waals surface area contributed by atoms with Crippen molar-refractivity contribution in [1.82, 2.24) is 0 Å². The molecule has 1 nitrogen and oxygen atoms in total. The van der Waals surface area contributed by atoms with E-state index >= 15 is 0 Å². The molecule has 0 fully saturated rings. The Morgan fingerprint density at radius 3 is 2.64 bits per heavy atom. The van der Waals surface area contributed by atoms with Crippen molar-refractivity contribution in [3.63, 3.8) is 0 Å². The van der Waals surface area contributed by atoms with Gasteiger partial charge in [0.05, 0.1) is 0 Å². The molecule has 0 aromatic heterocycles. The van der Waals surface area contributed by atoms with Gasteiger partial charge in [0.2, 0.25) is 0 Å². The number of aliphatic imine (C=N–C) groups is 1. The third-order valence-corrected chi connectivity index (χ3v) is 1.45. The van der Waals surface area contributed by atoms with E-state index < -0.39 is 0 Å². The van der Waals surface area contributed by atoms with Crippen LogP contribution in [-0.2, 0) is 0 Å². The molecule has 0 aromatic rings. The molecule has 0 N–H and O–H groups in total. The van der Waals surface area contributed by atoms with Crippen molar-refractivity contribution in [2.24, 2.45) is 10.9 Å². The number of hydrogen-bond acceptors (Lipinski definition) is 1. The van der Waals surface area contributed by atoms with Crippen LogP contribution in [0.5, 0.6) is 0 Å². The van der Waals surface area contributed by atoms with Gasteiger partial charge in [-0.1, -0.05) is 19.9 Å². The monoisotopic (exact) mass is 153 g/mol. The lowest BCUT2D eigenvalue weighted by atomic mass is 10.1. The third-order valence-electron chi connectivity index (χ3n) is 1.45. The van der Waals surface area contributed by atoms with Gasteiger partial charge in [0, 0.05) is 12.8 Å². The van der Waals surface area contributed by atoms with E-state index in [-0.39, 0.29) is 0 Å². The van der Waals surface area contributed by atoms with Gasteiger partial charge in [-0.15, -0.1) is 0 Å². The first-order valence-electron chi connectivity index (χ1n) is 4.38. The van der Waals surface area contributed by atoms with Crippen molar-refractivity contribution < 1.29 is 0 Å². The lowest BCUT2D eigenvalue weighted by molar-refractivity contribution is 0.562. The molecular weight excluding hydrogens is 134 g/mol. The van der Waals surface area contributed by atoms with E-state index in [0.29, 0.717) is 0 Å². The zero-order chi connectivity index (χ0) is 8.53. The highest BCUT2D eigenvalue weighted by Gasteiger charge is 1.90. The quantitative estimate of drug-likeness (QED) is 0.425. The molecule has 0 bridgehead atoms. The summed E-state index contributed by atoms with van der Waals surface area (Å²) in [5, 5.41) is 0. The van der Waals surface area contributed by atoms with Crippen molar-refractivity contribution in [1.29, 1.82) is 0 Å². The number of nitrogens with zero attached hydrogens (tertiary/aromatic N) is 1. The van der Waals surface area contributed by atoms with Crippen LogP contribution in [0.2, 0.25) is 0 Å². The van der Waals surface area contributed by atoms with Gasteiger partial charge in [-0.2, -0.15) is 0 Å². The lowest BCUT2D eigenvalue weighted by Gasteiger charge is -1.99. The van der Waals surface area contributed by atoms with Crippen LogP contribution in [-0.4, -0.2) is 12.8 Å². The molecule has 1 heteroatoms. The van der Waals surface area contributed by atoms with Gasteiger partial charge in [-0.05, 0) is 31.8 Å². The lowest BCUT2D eigenvalue weighted by Crippen LogP contribution is -1.89. The number of hydrogen-bond donors (Lipinski definition) is 0. The summed E-state index contributed by atoms with van der Waals surface area (Å²) in [5.41, 5.74) is 0. The second-order valence-electron chi connectivity index (χ2n) is 3.12. The van der Waals surface area contributed by atoms with E-state index in [9.17, 15) is 0 Å². The van der Waals surface area contributed by atoms with Crippen LogP contribution < -0.4 is 0 Å². The molecule has 0 aliphatic rings. The molecule has 64 valence electrons. The van der Waals surface area contributed by atoms with E-state index in [1.165, 1.54) is 12.8 Å². The highest BCUT2D eigenvalue weighted by Crippen LogP contribution is 2.02. The summed E-state index contributed by atoms with van der Waals surface area (Å²) in [5.74, 6) is 0.812. The topological polar surface area (TPSA) is 12.4 Å². The summed E-state index contributed by atoms with van der Waals surface area (Å²) in [4.78, 5) is 4.22. The first kappa shape index (κ1) is 10.4. The van der Waals surface area contributed by atoms with Gasteiger partial charge in [-0.25, -0.2) is 0 Å². The van der Waals surface area contributed by atoms with Crippen LogP contribution >= 0.6 is 0 Å². The SMILES string of the molecule is C/C=C\C=N/CCCC(C)C. The maximum Gasteiger partial charge on any atom is 0.0389 e. The van der Waals surface area contributed by atoms with Crippen molar-refractivity contribution in [3.8, 4) is 0 Å². The molecule has 0 radical (unpaired) electrons. The van der Waals surface area contributed by atoms with Crippen LogP contribution in [0.15, 0.2) is 17.1 Å². The fraction of sp³-hybridized carbons (Fsp3) is 0.700. The minimum Gasteiger partial charge on any atom is -0.293 e.